The molecule has 0 heterocycles. The molecule has 1 amide bonds. The summed E-state index contributed by atoms with van der Waals surface area (Å²) in [5.74, 6) is -1.41. The van der Waals surface area contributed by atoms with Gasteiger partial charge in [0.2, 0.25) is 0 Å². The molecule has 1 aromatic carbocycles. The summed E-state index contributed by atoms with van der Waals surface area (Å²) in [6, 6.07) is 8.09. The van der Waals surface area contributed by atoms with Gasteiger partial charge in [0.05, 0.1) is 6.61 Å². The van der Waals surface area contributed by atoms with Gasteiger partial charge < -0.3 is 9.64 Å². The predicted molar refractivity (Wildman–Crippen MR) is 73.5 cm³/mol. The lowest BCUT2D eigenvalue weighted by molar-refractivity contribution is -0.159. The molecule has 0 bridgehead atoms. The number of ether oxygens (including phenoxy) is 1. The number of esters is 1. The average Bonchev–Trinajstić information content (AvgIpc) is 2.40. The Morgan fingerprint density at radius 1 is 1.11 bits per heavy atom. The van der Waals surface area contributed by atoms with Crippen LogP contribution in [0.5, 0.6) is 0 Å². The van der Waals surface area contributed by atoms with Crippen LogP contribution in [0.1, 0.15) is 31.4 Å². The minimum atomic E-state index is -0.799. The van der Waals surface area contributed by atoms with Crippen molar-refractivity contribution in [3.63, 3.8) is 0 Å². The first-order valence-electron chi connectivity index (χ1n) is 6.58. The van der Waals surface area contributed by atoms with E-state index in [0.717, 1.165) is 18.4 Å². The molecule has 19 heavy (non-hydrogen) atoms. The fourth-order valence-electron chi connectivity index (χ4n) is 1.79. The second kappa shape index (κ2) is 7.56. The molecule has 4 nitrogen and oxygen atoms in total. The van der Waals surface area contributed by atoms with Crippen LogP contribution in [0.25, 0.3) is 0 Å². The molecular formula is C15H21NO3. The summed E-state index contributed by atoms with van der Waals surface area (Å²) in [6.07, 6.45) is 2.17. The standard InChI is InChI=1S/C15H21NO3/c1-4-6-12-7-9-13(10-8-12)11-16(3)14(17)15(18)19-5-2/h7-10H,4-6,11H2,1-3H3. The number of hydrogen-bond donors (Lipinski definition) is 0. The molecule has 0 unspecified atom stereocenters. The molecule has 1 rings (SSSR count). The third-order valence-electron chi connectivity index (χ3n) is 2.78. The van der Waals surface area contributed by atoms with Crippen molar-refractivity contribution in [2.24, 2.45) is 0 Å². The van der Waals surface area contributed by atoms with E-state index in [9.17, 15) is 9.59 Å². The van der Waals surface area contributed by atoms with Crippen LogP contribution in [0.4, 0.5) is 0 Å². The second-order valence-corrected chi connectivity index (χ2v) is 4.45. The maximum atomic E-state index is 11.7. The van der Waals surface area contributed by atoms with Crippen molar-refractivity contribution in [2.75, 3.05) is 13.7 Å². The lowest BCUT2D eigenvalue weighted by Gasteiger charge is -2.16. The fraction of sp³-hybridized carbons (Fsp3) is 0.467. The van der Waals surface area contributed by atoms with Crippen LogP contribution in [0.2, 0.25) is 0 Å². The first-order chi connectivity index (χ1) is 9.08. The van der Waals surface area contributed by atoms with Gasteiger partial charge in [-0.25, -0.2) is 4.79 Å². The summed E-state index contributed by atoms with van der Waals surface area (Å²) in [6.45, 7) is 4.44. The van der Waals surface area contributed by atoms with Gasteiger partial charge in [0, 0.05) is 13.6 Å². The summed E-state index contributed by atoms with van der Waals surface area (Å²) in [5.41, 5.74) is 2.28. The molecule has 0 saturated heterocycles. The first kappa shape index (κ1) is 15.2. The largest absolute Gasteiger partial charge is 0.459 e. The van der Waals surface area contributed by atoms with Crippen LogP contribution in [0.3, 0.4) is 0 Å². The van der Waals surface area contributed by atoms with E-state index in [-0.39, 0.29) is 6.61 Å². The Labute approximate surface area is 114 Å². The zero-order valence-corrected chi connectivity index (χ0v) is 11.8. The van der Waals surface area contributed by atoms with Crippen molar-refractivity contribution in [2.45, 2.75) is 33.2 Å². The molecule has 0 spiro atoms. The number of likely N-dealkylation sites (N-methyl/N-ethyl adjacent to an activating group) is 1. The van der Waals surface area contributed by atoms with Crippen molar-refractivity contribution in [3.8, 4) is 0 Å². The SMILES string of the molecule is CCCc1ccc(CN(C)C(=O)C(=O)OCC)cc1. The number of carbonyl (C=O) groups excluding carboxylic acids is 2. The molecule has 0 radical (unpaired) electrons. The highest BCUT2D eigenvalue weighted by atomic mass is 16.5. The Kier molecular flexibility index (Phi) is 6.06. The van der Waals surface area contributed by atoms with Crippen LogP contribution in [-0.2, 0) is 27.3 Å². The summed E-state index contributed by atoms with van der Waals surface area (Å²) < 4.78 is 4.68. The summed E-state index contributed by atoms with van der Waals surface area (Å²) in [7, 11) is 1.60. The van der Waals surface area contributed by atoms with E-state index in [1.165, 1.54) is 10.5 Å². The highest BCUT2D eigenvalue weighted by molar-refractivity contribution is 6.32. The molecule has 0 aliphatic carbocycles. The van der Waals surface area contributed by atoms with Gasteiger partial charge in [-0.05, 0) is 24.5 Å². The molecule has 0 aliphatic rings. The van der Waals surface area contributed by atoms with Gasteiger partial charge in [0.15, 0.2) is 0 Å². The number of rotatable bonds is 5. The molecule has 0 fully saturated rings. The first-order valence-corrected chi connectivity index (χ1v) is 6.58. The zero-order valence-electron chi connectivity index (χ0n) is 11.8. The van der Waals surface area contributed by atoms with Gasteiger partial charge in [0.1, 0.15) is 0 Å². The van der Waals surface area contributed by atoms with Crippen molar-refractivity contribution in [1.82, 2.24) is 4.90 Å². The minimum absolute atomic E-state index is 0.212. The van der Waals surface area contributed by atoms with Gasteiger partial charge in [0.25, 0.3) is 0 Å². The second-order valence-electron chi connectivity index (χ2n) is 4.45. The van der Waals surface area contributed by atoms with Gasteiger partial charge in [-0.15, -0.1) is 0 Å². The summed E-state index contributed by atoms with van der Waals surface area (Å²) in [5, 5.41) is 0. The van der Waals surface area contributed by atoms with Crippen LogP contribution < -0.4 is 0 Å². The van der Waals surface area contributed by atoms with Gasteiger partial charge in [-0.1, -0.05) is 37.6 Å². The number of nitrogens with zero attached hydrogens (tertiary/aromatic N) is 1. The van der Waals surface area contributed by atoms with Gasteiger partial charge in [-0.2, -0.15) is 0 Å². The molecule has 1 aromatic rings. The highest BCUT2D eigenvalue weighted by Gasteiger charge is 2.19. The van der Waals surface area contributed by atoms with Crippen molar-refractivity contribution in [3.05, 3.63) is 35.4 Å². The lowest BCUT2D eigenvalue weighted by Crippen LogP contribution is -2.34. The topological polar surface area (TPSA) is 46.6 Å². The Morgan fingerprint density at radius 3 is 2.21 bits per heavy atom. The Hall–Kier alpha value is -1.84. The van der Waals surface area contributed by atoms with E-state index in [0.29, 0.717) is 6.54 Å². The van der Waals surface area contributed by atoms with Gasteiger partial charge >= 0.3 is 11.9 Å². The normalized spacial score (nSPS) is 10.1. The van der Waals surface area contributed by atoms with Crippen LogP contribution in [0, 0.1) is 0 Å². The third-order valence-corrected chi connectivity index (χ3v) is 2.78. The molecule has 0 aliphatic heterocycles. The van der Waals surface area contributed by atoms with Crippen LogP contribution in [-0.4, -0.2) is 30.4 Å². The molecule has 0 N–H and O–H groups in total. The third kappa shape index (κ3) is 4.73. The summed E-state index contributed by atoms with van der Waals surface area (Å²) >= 11 is 0. The van der Waals surface area contributed by atoms with Crippen LogP contribution >= 0.6 is 0 Å². The number of hydrogen-bond acceptors (Lipinski definition) is 3. The Balaban J connectivity index is 2.58. The number of amides is 1. The Bertz CT molecular complexity index is 426. The monoisotopic (exact) mass is 263 g/mol. The average molecular weight is 263 g/mol. The van der Waals surface area contributed by atoms with E-state index < -0.39 is 11.9 Å². The van der Waals surface area contributed by atoms with E-state index >= 15 is 0 Å². The fourth-order valence-corrected chi connectivity index (χ4v) is 1.79. The van der Waals surface area contributed by atoms with E-state index in [1.807, 2.05) is 12.1 Å². The van der Waals surface area contributed by atoms with Crippen molar-refractivity contribution in [1.29, 1.82) is 0 Å². The van der Waals surface area contributed by atoms with E-state index in [2.05, 4.69) is 23.8 Å². The minimum Gasteiger partial charge on any atom is -0.459 e. The molecule has 104 valence electrons. The van der Waals surface area contributed by atoms with Crippen LogP contribution in [0.15, 0.2) is 24.3 Å². The number of benzene rings is 1. The maximum absolute atomic E-state index is 11.7. The van der Waals surface area contributed by atoms with Gasteiger partial charge in [-0.3, -0.25) is 4.79 Å². The molecule has 4 heteroatoms. The number of aryl methyl sites for hydroxylation is 1. The smallest absolute Gasteiger partial charge is 0.397 e. The number of carbonyl (C=O) groups is 2. The Morgan fingerprint density at radius 2 is 1.68 bits per heavy atom. The quantitative estimate of drug-likeness (QED) is 0.604. The molecule has 0 saturated carbocycles. The molecule has 0 atom stereocenters. The van der Waals surface area contributed by atoms with Crippen molar-refractivity contribution >= 4 is 11.9 Å². The maximum Gasteiger partial charge on any atom is 0.397 e. The summed E-state index contributed by atoms with van der Waals surface area (Å²) in [4.78, 5) is 24.3. The van der Waals surface area contributed by atoms with E-state index in [1.54, 1.807) is 14.0 Å². The lowest BCUT2D eigenvalue weighted by atomic mass is 10.1. The molecular weight excluding hydrogens is 242 g/mol. The van der Waals surface area contributed by atoms with E-state index in [4.69, 9.17) is 0 Å². The van der Waals surface area contributed by atoms with Crippen molar-refractivity contribution < 1.29 is 14.3 Å². The highest BCUT2D eigenvalue weighted by Crippen LogP contribution is 2.09. The zero-order chi connectivity index (χ0) is 14.3. The predicted octanol–water partition coefficient (Wildman–Crippen LogP) is 2.16. The molecule has 0 aromatic heterocycles.